The lowest BCUT2D eigenvalue weighted by Gasteiger charge is -2.28. The molecule has 2 aromatic carbocycles. The minimum Gasteiger partial charge on any atom is -0.508 e. The molecule has 0 saturated heterocycles. The van der Waals surface area contributed by atoms with Crippen molar-refractivity contribution in [2.24, 2.45) is 14.1 Å². The van der Waals surface area contributed by atoms with Crippen LogP contribution in [0, 0.1) is 0 Å². The number of phenolic OH excluding ortho intramolecular Hbond substituents is 2. The second kappa shape index (κ2) is 7.88. The highest BCUT2D eigenvalue weighted by Gasteiger charge is 2.34. The van der Waals surface area contributed by atoms with Crippen molar-refractivity contribution in [3.63, 3.8) is 0 Å². The first-order valence-corrected chi connectivity index (χ1v) is 11.6. The van der Waals surface area contributed by atoms with Crippen LogP contribution in [0.4, 0.5) is 0 Å². The number of nitrogens with zero attached hydrogens (tertiary/aromatic N) is 3. The molecule has 8 nitrogen and oxygen atoms in total. The Morgan fingerprint density at radius 2 is 1.66 bits per heavy atom. The molecule has 3 heterocycles. The molecule has 0 amide bonds. The Morgan fingerprint density at radius 3 is 2.31 bits per heavy atom. The number of fused-ring (bicyclic) bond motifs is 3. The molecule has 35 heavy (non-hydrogen) atoms. The Hall–Kier alpha value is -3.78. The summed E-state index contributed by atoms with van der Waals surface area (Å²) in [6, 6.07) is 12.4. The summed E-state index contributed by atoms with van der Waals surface area (Å²) in [7, 11) is 3.10. The van der Waals surface area contributed by atoms with E-state index in [1.54, 1.807) is 7.05 Å². The molecule has 8 heteroatoms. The first-order chi connectivity index (χ1) is 16.5. The number of rotatable bonds is 2. The van der Waals surface area contributed by atoms with E-state index in [1.165, 1.54) is 35.4 Å². The molecule has 1 aliphatic rings. The molecular weight excluding hydrogens is 446 g/mol. The third kappa shape index (κ3) is 3.47. The van der Waals surface area contributed by atoms with E-state index in [2.05, 4.69) is 32.9 Å². The van der Waals surface area contributed by atoms with Crippen LogP contribution in [0.1, 0.15) is 43.7 Å². The number of aromatic hydroxyl groups is 2. The van der Waals surface area contributed by atoms with Gasteiger partial charge in [-0.05, 0) is 34.7 Å². The lowest BCUT2D eigenvalue weighted by molar-refractivity contribution is 0.0463. The topological polar surface area (TPSA) is 98.6 Å². The third-order valence-corrected chi connectivity index (χ3v) is 6.87. The minimum absolute atomic E-state index is 0.0165. The third-order valence-electron chi connectivity index (χ3n) is 6.87. The first kappa shape index (κ1) is 23.0. The van der Waals surface area contributed by atoms with Crippen LogP contribution in [0.5, 0.6) is 11.5 Å². The Kier molecular flexibility index (Phi) is 5.18. The van der Waals surface area contributed by atoms with Crippen LogP contribution in [0.3, 0.4) is 0 Å². The number of aromatic nitrogens is 3. The molecule has 0 fully saturated rings. The van der Waals surface area contributed by atoms with Crippen LogP contribution < -0.4 is 11.2 Å². The first-order valence-electron chi connectivity index (χ1n) is 11.6. The summed E-state index contributed by atoms with van der Waals surface area (Å²) < 4.78 is 10.7. The van der Waals surface area contributed by atoms with Crippen molar-refractivity contribution in [3.05, 3.63) is 80.1 Å². The molecule has 1 atom stereocenters. The average Bonchev–Trinajstić information content (AvgIpc) is 3.18. The van der Waals surface area contributed by atoms with Crippen LogP contribution in [0.25, 0.3) is 22.2 Å². The maximum absolute atomic E-state index is 13.5. The van der Waals surface area contributed by atoms with E-state index >= 15 is 0 Å². The van der Waals surface area contributed by atoms with Crippen LogP contribution in [0.15, 0.2) is 52.1 Å². The molecule has 1 aliphatic heterocycles. The van der Waals surface area contributed by atoms with Gasteiger partial charge in [0.15, 0.2) is 0 Å². The summed E-state index contributed by atoms with van der Waals surface area (Å²) in [5, 5.41) is 21.1. The van der Waals surface area contributed by atoms with E-state index in [0.717, 1.165) is 10.1 Å². The molecule has 0 aliphatic carbocycles. The summed E-state index contributed by atoms with van der Waals surface area (Å²) in [4.78, 5) is 26.5. The van der Waals surface area contributed by atoms with Crippen LogP contribution in [-0.4, -0.2) is 30.5 Å². The molecule has 2 aromatic heterocycles. The zero-order valence-corrected chi connectivity index (χ0v) is 20.5. The lowest BCUT2D eigenvalue weighted by Crippen LogP contribution is -2.37. The van der Waals surface area contributed by atoms with Crippen molar-refractivity contribution in [2.75, 3.05) is 6.61 Å². The predicted molar refractivity (Wildman–Crippen MR) is 134 cm³/mol. The molecule has 0 radical (unpaired) electrons. The second-order valence-electron chi connectivity index (χ2n) is 10.1. The highest BCUT2D eigenvalue weighted by atomic mass is 16.5. The monoisotopic (exact) mass is 475 g/mol. The highest BCUT2D eigenvalue weighted by Crippen LogP contribution is 2.43. The normalized spacial score (nSPS) is 16.0. The van der Waals surface area contributed by atoms with Crippen LogP contribution in [0.2, 0.25) is 0 Å². The van der Waals surface area contributed by atoms with E-state index in [-0.39, 0.29) is 16.9 Å². The molecule has 0 saturated carbocycles. The molecule has 5 rings (SSSR count). The van der Waals surface area contributed by atoms with Gasteiger partial charge in [0.2, 0.25) is 0 Å². The van der Waals surface area contributed by atoms with Gasteiger partial charge in [-0.3, -0.25) is 13.9 Å². The molecule has 0 bridgehead atoms. The Balaban J connectivity index is 1.89. The standard InChI is InChI=1S/C27H29N3O5/c1-27(2,3)16-8-6-15(7-9-16)21-20-22(28(4)26(34)29(5)25(20)33)23-24(35-13-12-30(21)23)18-14-17(31)10-11-19(18)32/h6-11,14,24,31-32H,12-13H2,1-5H3. The number of aryl methyl sites for hydroxylation is 1. The van der Waals surface area contributed by atoms with Crippen molar-refractivity contribution in [2.45, 2.75) is 38.8 Å². The Labute approximate surface area is 202 Å². The lowest BCUT2D eigenvalue weighted by atomic mass is 9.86. The zero-order chi connectivity index (χ0) is 25.2. The van der Waals surface area contributed by atoms with Crippen molar-refractivity contribution < 1.29 is 14.9 Å². The van der Waals surface area contributed by atoms with Crippen molar-refractivity contribution in [1.82, 2.24) is 13.7 Å². The fourth-order valence-corrected chi connectivity index (χ4v) is 5.00. The smallest absolute Gasteiger partial charge is 0.331 e. The molecule has 1 unspecified atom stereocenters. The quantitative estimate of drug-likeness (QED) is 0.432. The van der Waals surface area contributed by atoms with E-state index < -0.39 is 17.4 Å². The highest BCUT2D eigenvalue weighted by molar-refractivity contribution is 5.96. The van der Waals surface area contributed by atoms with Gasteiger partial charge >= 0.3 is 5.69 Å². The van der Waals surface area contributed by atoms with Crippen molar-refractivity contribution >= 4 is 10.9 Å². The fraction of sp³-hybridized carbons (Fsp3) is 0.333. The molecule has 182 valence electrons. The number of hydrogen-bond donors (Lipinski definition) is 2. The minimum atomic E-state index is -0.779. The van der Waals surface area contributed by atoms with Gasteiger partial charge in [0.05, 0.1) is 28.9 Å². The van der Waals surface area contributed by atoms with Crippen LogP contribution in [-0.2, 0) is 30.8 Å². The SMILES string of the molecule is Cn1c(=O)c2c(-c3ccc(C(C)(C)C)cc3)n3c(c2n(C)c1=O)C(c1cc(O)ccc1O)OCC3. The summed E-state index contributed by atoms with van der Waals surface area (Å²) >= 11 is 0. The zero-order valence-electron chi connectivity index (χ0n) is 20.5. The fourth-order valence-electron chi connectivity index (χ4n) is 5.00. The van der Waals surface area contributed by atoms with Crippen molar-refractivity contribution in [1.29, 1.82) is 0 Å². The van der Waals surface area contributed by atoms with Crippen LogP contribution >= 0.6 is 0 Å². The predicted octanol–water partition coefficient (Wildman–Crippen LogP) is 3.53. The van der Waals surface area contributed by atoms with Gasteiger partial charge in [-0.25, -0.2) is 4.79 Å². The molecule has 2 N–H and O–H groups in total. The van der Waals surface area contributed by atoms with Crippen molar-refractivity contribution in [3.8, 4) is 22.8 Å². The van der Waals surface area contributed by atoms with E-state index in [0.29, 0.717) is 41.0 Å². The molecule has 4 aromatic rings. The summed E-state index contributed by atoms with van der Waals surface area (Å²) in [5.74, 6) is -0.0577. The van der Waals surface area contributed by atoms with E-state index in [4.69, 9.17) is 4.74 Å². The molecule has 0 spiro atoms. The number of hydrogen-bond acceptors (Lipinski definition) is 5. The van der Waals surface area contributed by atoms with Gasteiger partial charge in [-0.15, -0.1) is 0 Å². The number of benzene rings is 2. The van der Waals surface area contributed by atoms with Gasteiger partial charge in [0, 0.05) is 26.2 Å². The van der Waals surface area contributed by atoms with Gasteiger partial charge in [-0.2, -0.15) is 0 Å². The van der Waals surface area contributed by atoms with Gasteiger partial charge in [0.25, 0.3) is 5.56 Å². The summed E-state index contributed by atoms with van der Waals surface area (Å²) in [6.07, 6.45) is -0.779. The van der Waals surface area contributed by atoms with E-state index in [9.17, 15) is 19.8 Å². The van der Waals surface area contributed by atoms with Gasteiger partial charge < -0.3 is 19.5 Å². The summed E-state index contributed by atoms with van der Waals surface area (Å²) in [5.41, 5.74) is 3.29. The second-order valence-corrected chi connectivity index (χ2v) is 10.1. The van der Waals surface area contributed by atoms with Gasteiger partial charge in [-0.1, -0.05) is 45.0 Å². The maximum Gasteiger partial charge on any atom is 0.331 e. The Bertz CT molecular complexity index is 1580. The maximum atomic E-state index is 13.5. The van der Waals surface area contributed by atoms with E-state index in [1.807, 2.05) is 16.7 Å². The average molecular weight is 476 g/mol. The number of phenols is 2. The molecular formula is C27H29N3O5. The Morgan fingerprint density at radius 1 is 0.971 bits per heavy atom. The number of ether oxygens (including phenoxy) is 1. The summed E-state index contributed by atoms with van der Waals surface area (Å²) in [6.45, 7) is 7.23. The largest absolute Gasteiger partial charge is 0.508 e. The van der Waals surface area contributed by atoms with Gasteiger partial charge in [0.1, 0.15) is 17.6 Å².